The van der Waals surface area contributed by atoms with Gasteiger partial charge in [-0.25, -0.2) is 0 Å². The maximum absolute atomic E-state index is 5.64. The van der Waals surface area contributed by atoms with E-state index in [4.69, 9.17) is 9.51 Å². The van der Waals surface area contributed by atoms with Crippen molar-refractivity contribution in [2.24, 2.45) is 17.8 Å². The molecule has 0 unspecified atom stereocenters. The van der Waals surface area contributed by atoms with E-state index in [1.807, 2.05) is 0 Å². The molecule has 2 heterocycles. The first-order valence-electron chi connectivity index (χ1n) is 8.35. The molecule has 5 aliphatic rings. The third kappa shape index (κ3) is 1.63. The van der Waals surface area contributed by atoms with Crippen molar-refractivity contribution in [2.45, 2.75) is 56.3 Å². The Labute approximate surface area is 119 Å². The monoisotopic (exact) mass is 273 g/mol. The molecule has 108 valence electrons. The number of rotatable bonds is 2. The normalized spacial score (nSPS) is 46.2. The van der Waals surface area contributed by atoms with Gasteiger partial charge in [0.2, 0.25) is 5.89 Å². The summed E-state index contributed by atoms with van der Waals surface area (Å²) in [5.74, 6) is 5.22. The van der Waals surface area contributed by atoms with E-state index in [-0.39, 0.29) is 5.41 Å². The number of nitrogens with zero attached hydrogens (tertiary/aromatic N) is 2. The second kappa shape index (κ2) is 4.06. The quantitative estimate of drug-likeness (QED) is 0.900. The van der Waals surface area contributed by atoms with Crippen LogP contribution in [-0.2, 0) is 5.41 Å². The van der Waals surface area contributed by atoms with Crippen molar-refractivity contribution in [3.05, 3.63) is 11.7 Å². The van der Waals surface area contributed by atoms with Gasteiger partial charge in [0.05, 0.1) is 5.92 Å². The highest BCUT2D eigenvalue weighted by atomic mass is 16.5. The van der Waals surface area contributed by atoms with Crippen LogP contribution in [0.25, 0.3) is 0 Å². The average Bonchev–Trinajstić information content (AvgIpc) is 3.09. The number of hydrogen-bond acceptors (Lipinski definition) is 4. The molecule has 0 radical (unpaired) electrons. The topological polar surface area (TPSA) is 51.0 Å². The van der Waals surface area contributed by atoms with Crippen LogP contribution in [0.3, 0.4) is 0 Å². The molecule has 4 saturated carbocycles. The Balaban J connectivity index is 1.47. The zero-order chi connectivity index (χ0) is 13.2. The fraction of sp³-hybridized carbons (Fsp3) is 0.875. The van der Waals surface area contributed by atoms with Crippen molar-refractivity contribution in [1.82, 2.24) is 15.5 Å². The average molecular weight is 273 g/mol. The van der Waals surface area contributed by atoms with Gasteiger partial charge in [0.15, 0.2) is 5.82 Å². The van der Waals surface area contributed by atoms with Crippen LogP contribution in [-0.4, -0.2) is 23.2 Å². The molecule has 4 bridgehead atoms. The van der Waals surface area contributed by atoms with Crippen molar-refractivity contribution in [2.75, 3.05) is 13.1 Å². The molecular formula is C16H23N3O. The first-order chi connectivity index (χ1) is 9.81. The largest absolute Gasteiger partial charge is 0.339 e. The van der Waals surface area contributed by atoms with Crippen molar-refractivity contribution in [3.63, 3.8) is 0 Å². The van der Waals surface area contributed by atoms with Crippen molar-refractivity contribution in [3.8, 4) is 0 Å². The summed E-state index contributed by atoms with van der Waals surface area (Å²) in [4.78, 5) is 4.86. The minimum atomic E-state index is 0.280. The maximum Gasteiger partial charge on any atom is 0.231 e. The second-order valence-electron chi connectivity index (χ2n) is 7.84. The third-order valence-corrected chi connectivity index (χ3v) is 6.36. The minimum absolute atomic E-state index is 0.280. The lowest BCUT2D eigenvalue weighted by Crippen LogP contribution is -2.49. The van der Waals surface area contributed by atoms with Gasteiger partial charge in [-0.15, -0.1) is 0 Å². The summed E-state index contributed by atoms with van der Waals surface area (Å²) in [6.07, 6.45) is 9.51. The van der Waals surface area contributed by atoms with Gasteiger partial charge in [0.1, 0.15) is 0 Å². The lowest BCUT2D eigenvalue weighted by Gasteiger charge is -2.55. The van der Waals surface area contributed by atoms with Crippen molar-refractivity contribution < 1.29 is 4.52 Å². The Kier molecular flexibility index (Phi) is 2.38. The Morgan fingerprint density at radius 2 is 1.75 bits per heavy atom. The van der Waals surface area contributed by atoms with Crippen LogP contribution in [0, 0.1) is 17.8 Å². The van der Waals surface area contributed by atoms with Gasteiger partial charge in [-0.3, -0.25) is 0 Å². The van der Waals surface area contributed by atoms with E-state index >= 15 is 0 Å². The molecule has 1 aromatic rings. The van der Waals surface area contributed by atoms with E-state index in [9.17, 15) is 0 Å². The van der Waals surface area contributed by atoms with Crippen molar-refractivity contribution in [1.29, 1.82) is 0 Å². The lowest BCUT2D eigenvalue weighted by molar-refractivity contribution is -0.0103. The zero-order valence-corrected chi connectivity index (χ0v) is 12.0. The Morgan fingerprint density at radius 1 is 1.05 bits per heavy atom. The minimum Gasteiger partial charge on any atom is -0.339 e. The first kappa shape index (κ1) is 11.7. The third-order valence-electron chi connectivity index (χ3n) is 6.36. The first-order valence-corrected chi connectivity index (χ1v) is 8.35. The van der Waals surface area contributed by atoms with E-state index in [0.717, 1.165) is 49.0 Å². The molecule has 4 nitrogen and oxygen atoms in total. The van der Waals surface area contributed by atoms with Gasteiger partial charge in [0, 0.05) is 12.0 Å². The van der Waals surface area contributed by atoms with E-state index in [1.165, 1.54) is 38.5 Å². The number of nitrogens with one attached hydrogen (secondary N) is 1. The summed E-state index contributed by atoms with van der Waals surface area (Å²) in [7, 11) is 0. The predicted molar refractivity (Wildman–Crippen MR) is 74.4 cm³/mol. The summed E-state index contributed by atoms with van der Waals surface area (Å²) in [5.41, 5.74) is 0.280. The summed E-state index contributed by atoms with van der Waals surface area (Å²) >= 11 is 0. The van der Waals surface area contributed by atoms with E-state index in [2.05, 4.69) is 10.5 Å². The molecule has 0 aromatic carbocycles. The molecular weight excluding hydrogens is 250 g/mol. The highest BCUT2D eigenvalue weighted by molar-refractivity contribution is 5.17. The molecule has 4 aliphatic carbocycles. The molecule has 1 N–H and O–H groups in total. The van der Waals surface area contributed by atoms with Gasteiger partial charge >= 0.3 is 0 Å². The summed E-state index contributed by atoms with van der Waals surface area (Å²) < 4.78 is 5.64. The predicted octanol–water partition coefficient (Wildman–Crippen LogP) is 2.61. The van der Waals surface area contributed by atoms with Gasteiger partial charge in [-0.2, -0.15) is 4.98 Å². The van der Waals surface area contributed by atoms with E-state index < -0.39 is 0 Å². The smallest absolute Gasteiger partial charge is 0.231 e. The SMILES string of the molecule is C1C[C@@H](c2nc(C34CC5CC(CC(C5)C3)C4)no2)CN1. The van der Waals surface area contributed by atoms with Crippen molar-refractivity contribution >= 4 is 0 Å². The molecule has 1 saturated heterocycles. The fourth-order valence-electron chi connectivity index (χ4n) is 5.87. The second-order valence-corrected chi connectivity index (χ2v) is 7.84. The molecule has 0 amide bonds. The van der Waals surface area contributed by atoms with Crippen LogP contribution in [0.15, 0.2) is 4.52 Å². The lowest BCUT2D eigenvalue weighted by atomic mass is 9.49. The van der Waals surface area contributed by atoms with Gasteiger partial charge in [-0.05, 0) is 69.2 Å². The maximum atomic E-state index is 5.64. The summed E-state index contributed by atoms with van der Waals surface area (Å²) in [6, 6.07) is 0. The Bertz CT molecular complexity index is 482. The standard InChI is InChI=1S/C16H23N3O/c1-2-17-9-13(1)14-18-15(19-20-14)16-6-10-3-11(7-16)5-12(4-10)8-16/h10-13,17H,1-9H2/t10?,11?,12?,13-,16?/m1/s1. The summed E-state index contributed by atoms with van der Waals surface area (Å²) in [5, 5.41) is 7.82. The van der Waals surface area contributed by atoms with Crippen LogP contribution in [0.1, 0.15) is 62.6 Å². The van der Waals surface area contributed by atoms with Gasteiger partial charge < -0.3 is 9.84 Å². The molecule has 6 rings (SSSR count). The number of hydrogen-bond donors (Lipinski definition) is 1. The molecule has 4 heteroatoms. The highest BCUT2D eigenvalue weighted by Gasteiger charge is 2.53. The van der Waals surface area contributed by atoms with E-state index in [1.54, 1.807) is 0 Å². The fourth-order valence-corrected chi connectivity index (χ4v) is 5.87. The van der Waals surface area contributed by atoms with Crippen LogP contribution in [0.4, 0.5) is 0 Å². The van der Waals surface area contributed by atoms with Crippen LogP contribution in [0.5, 0.6) is 0 Å². The van der Waals surface area contributed by atoms with Crippen LogP contribution in [0.2, 0.25) is 0 Å². The van der Waals surface area contributed by atoms with Gasteiger partial charge in [0.25, 0.3) is 0 Å². The molecule has 1 atom stereocenters. The zero-order valence-electron chi connectivity index (χ0n) is 12.0. The van der Waals surface area contributed by atoms with Crippen LogP contribution < -0.4 is 5.32 Å². The molecule has 5 fully saturated rings. The Morgan fingerprint density at radius 3 is 2.35 bits per heavy atom. The molecule has 1 aromatic heterocycles. The molecule has 20 heavy (non-hydrogen) atoms. The highest BCUT2D eigenvalue weighted by Crippen LogP contribution is 2.60. The molecule has 0 spiro atoms. The van der Waals surface area contributed by atoms with Gasteiger partial charge in [-0.1, -0.05) is 5.16 Å². The Hall–Kier alpha value is -0.900. The van der Waals surface area contributed by atoms with E-state index in [0.29, 0.717) is 5.92 Å². The molecule has 1 aliphatic heterocycles. The summed E-state index contributed by atoms with van der Waals surface area (Å²) in [6.45, 7) is 2.09. The van der Waals surface area contributed by atoms with Crippen LogP contribution >= 0.6 is 0 Å². The number of aromatic nitrogens is 2.